The number of aromatic nitrogens is 2. The zero-order valence-electron chi connectivity index (χ0n) is 30.5. The Balaban J connectivity index is 1.27. The van der Waals surface area contributed by atoms with E-state index in [-0.39, 0.29) is 10.8 Å². The predicted octanol–water partition coefficient (Wildman–Crippen LogP) is 12.9. The molecule has 0 atom stereocenters. The summed E-state index contributed by atoms with van der Waals surface area (Å²) in [6.07, 6.45) is 0. The molecule has 0 bridgehead atoms. The fourth-order valence-corrected chi connectivity index (χ4v) is 9.95. The summed E-state index contributed by atoms with van der Waals surface area (Å²) in [5, 5.41) is 15.4. The van der Waals surface area contributed by atoms with Gasteiger partial charge in [-0.05, 0) is 93.0 Å². The third-order valence-electron chi connectivity index (χ3n) is 12.6. The fraction of sp³-hybridized carbons (Fsp3) is 0.120. The maximum atomic E-state index is 10.9. The van der Waals surface area contributed by atoms with Gasteiger partial charge in [-0.3, -0.25) is 0 Å². The van der Waals surface area contributed by atoms with Gasteiger partial charge >= 0.3 is 0 Å². The van der Waals surface area contributed by atoms with Crippen LogP contribution in [0.2, 0.25) is 0 Å². The first-order chi connectivity index (χ1) is 26.2. The lowest BCUT2D eigenvalue weighted by Gasteiger charge is -2.22. The van der Waals surface area contributed by atoms with Crippen LogP contribution in [0.1, 0.15) is 55.5 Å². The van der Waals surface area contributed by atoms with E-state index in [1.54, 1.807) is 0 Å². The minimum atomic E-state index is -0.203. The van der Waals surface area contributed by atoms with E-state index in [9.17, 15) is 5.26 Å². The Hall–Kier alpha value is -6.88. The molecule has 2 heterocycles. The van der Waals surface area contributed by atoms with E-state index in [1.807, 2.05) is 36.4 Å². The van der Waals surface area contributed by atoms with Crippen LogP contribution in [0.4, 0.5) is 5.69 Å². The average molecular weight is 691 g/mol. The Morgan fingerprint density at radius 1 is 0.481 bits per heavy atom. The highest BCUT2D eigenvalue weighted by molar-refractivity contribution is 6.14. The molecule has 0 fully saturated rings. The largest absolute Gasteiger partial charge is 0.319 e. The van der Waals surface area contributed by atoms with Gasteiger partial charge in [-0.2, -0.15) is 5.26 Å². The Labute approximate surface area is 313 Å². The van der Waals surface area contributed by atoms with Crippen molar-refractivity contribution in [2.45, 2.75) is 38.5 Å². The molecule has 2 aromatic heterocycles. The molecule has 11 rings (SSSR count). The topological polar surface area (TPSA) is 38.0 Å². The van der Waals surface area contributed by atoms with E-state index >= 15 is 0 Å². The van der Waals surface area contributed by atoms with Crippen LogP contribution < -0.4 is 0 Å². The van der Waals surface area contributed by atoms with Gasteiger partial charge in [0.15, 0.2) is 0 Å². The van der Waals surface area contributed by atoms with Gasteiger partial charge in [0.25, 0.3) is 0 Å². The molecule has 4 nitrogen and oxygen atoms in total. The molecule has 7 aromatic carbocycles. The molecule has 0 spiro atoms. The third-order valence-corrected chi connectivity index (χ3v) is 12.6. The third kappa shape index (κ3) is 3.75. The van der Waals surface area contributed by atoms with Crippen molar-refractivity contribution >= 4 is 49.3 Å². The number of benzene rings is 7. The first-order valence-corrected chi connectivity index (χ1v) is 18.5. The molecule has 0 radical (unpaired) electrons. The highest BCUT2D eigenvalue weighted by Crippen LogP contribution is 2.54. The van der Waals surface area contributed by atoms with Gasteiger partial charge < -0.3 is 9.13 Å². The Morgan fingerprint density at radius 2 is 0.981 bits per heavy atom. The summed E-state index contributed by atoms with van der Waals surface area (Å²) in [6.45, 7) is 17.9. The van der Waals surface area contributed by atoms with Gasteiger partial charge in [0, 0.05) is 32.4 Å². The maximum Gasteiger partial charge on any atom is 0.212 e. The second-order valence-electron chi connectivity index (χ2n) is 16.0. The highest BCUT2D eigenvalue weighted by Gasteiger charge is 2.38. The zero-order valence-corrected chi connectivity index (χ0v) is 30.5. The molecule has 9 aromatic rings. The summed E-state index contributed by atoms with van der Waals surface area (Å²) in [4.78, 5) is 4.22. The van der Waals surface area contributed by atoms with E-state index in [0.29, 0.717) is 22.6 Å². The SMILES string of the molecule is [C-]#[N+]c1cc(-n2c3ccccc3c3ccccc32)c(C#N)cc1-n1c2cc3c(cc2c2cc4c(cc21)C(C)(C)c1ccccc1-4)C(C)(C)c1ccccc1-3. The second kappa shape index (κ2) is 10.4. The normalized spacial score (nSPS) is 14.6. The van der Waals surface area contributed by atoms with Crippen LogP contribution in [-0.2, 0) is 10.8 Å². The van der Waals surface area contributed by atoms with Crippen LogP contribution in [-0.4, -0.2) is 9.13 Å². The van der Waals surface area contributed by atoms with Crippen molar-refractivity contribution in [1.82, 2.24) is 9.13 Å². The number of fused-ring (bicyclic) bond motifs is 12. The molecule has 0 unspecified atom stereocenters. The summed E-state index contributed by atoms with van der Waals surface area (Å²) in [5.74, 6) is 0. The first-order valence-electron chi connectivity index (χ1n) is 18.5. The predicted molar refractivity (Wildman–Crippen MR) is 221 cm³/mol. The molecule has 0 amide bonds. The van der Waals surface area contributed by atoms with Crippen molar-refractivity contribution in [2.24, 2.45) is 0 Å². The lowest BCUT2D eigenvalue weighted by molar-refractivity contribution is 0.661. The number of hydrogen-bond donors (Lipinski definition) is 0. The molecule has 0 aliphatic heterocycles. The fourth-order valence-electron chi connectivity index (χ4n) is 9.95. The Morgan fingerprint density at radius 3 is 1.59 bits per heavy atom. The standard InChI is InChI=1S/C50H34N4/c1-49(2)39-19-11-7-15-31(39)35-25-46-37(24-40(35)49)36-23-34-30-14-6-10-18-38(30)50(3,4)41(34)26-47(36)54(46)48-22-29(28-51)45(27-42(48)52-5)53-43-20-12-8-16-32(43)33-17-9-13-21-44(33)53/h6-27H,1-4H3. The molecule has 0 N–H and O–H groups in total. The number of hydrogen-bond acceptors (Lipinski definition) is 1. The van der Waals surface area contributed by atoms with Crippen molar-refractivity contribution in [3.8, 4) is 39.7 Å². The Kier molecular flexibility index (Phi) is 5.90. The summed E-state index contributed by atoms with van der Waals surface area (Å²) < 4.78 is 4.41. The van der Waals surface area contributed by atoms with Crippen LogP contribution in [0.5, 0.6) is 0 Å². The molecule has 54 heavy (non-hydrogen) atoms. The van der Waals surface area contributed by atoms with Gasteiger partial charge in [0.2, 0.25) is 5.69 Å². The Bertz CT molecular complexity index is 3190. The first kappa shape index (κ1) is 30.7. The van der Waals surface area contributed by atoms with Crippen molar-refractivity contribution in [2.75, 3.05) is 0 Å². The van der Waals surface area contributed by atoms with Gasteiger partial charge in [-0.1, -0.05) is 113 Å². The molecule has 254 valence electrons. The van der Waals surface area contributed by atoms with E-state index in [4.69, 9.17) is 6.57 Å². The average Bonchev–Trinajstić information content (AvgIpc) is 3.84. The van der Waals surface area contributed by atoms with Crippen LogP contribution in [0, 0.1) is 17.9 Å². The van der Waals surface area contributed by atoms with Gasteiger partial charge in [-0.15, -0.1) is 0 Å². The number of nitrogens with zero attached hydrogens (tertiary/aromatic N) is 4. The number of nitriles is 1. The van der Waals surface area contributed by atoms with E-state index < -0.39 is 0 Å². The summed E-state index contributed by atoms with van der Waals surface area (Å²) in [6, 6.07) is 50.0. The van der Waals surface area contributed by atoms with E-state index in [1.165, 1.54) is 44.5 Å². The van der Waals surface area contributed by atoms with Crippen LogP contribution in [0.25, 0.3) is 82.1 Å². The van der Waals surface area contributed by atoms with E-state index in [2.05, 4.69) is 145 Å². The monoisotopic (exact) mass is 690 g/mol. The zero-order chi connectivity index (χ0) is 36.7. The summed E-state index contributed by atoms with van der Waals surface area (Å²) >= 11 is 0. The molecule has 0 saturated heterocycles. The van der Waals surface area contributed by atoms with Crippen molar-refractivity contribution < 1.29 is 0 Å². The van der Waals surface area contributed by atoms with Gasteiger partial charge in [0.05, 0.1) is 45.6 Å². The minimum absolute atomic E-state index is 0.167. The summed E-state index contributed by atoms with van der Waals surface area (Å²) in [7, 11) is 0. The molecule has 4 heteroatoms. The number of para-hydroxylation sites is 2. The van der Waals surface area contributed by atoms with Gasteiger partial charge in [-0.25, -0.2) is 4.85 Å². The maximum absolute atomic E-state index is 10.9. The van der Waals surface area contributed by atoms with Crippen LogP contribution in [0.15, 0.2) is 133 Å². The molecular formula is C50H34N4. The lowest BCUT2D eigenvalue weighted by Crippen LogP contribution is -2.15. The summed E-state index contributed by atoms with van der Waals surface area (Å²) in [5.41, 5.74) is 16.4. The van der Waals surface area contributed by atoms with Crippen molar-refractivity contribution in [3.05, 3.63) is 173 Å². The smallest absolute Gasteiger partial charge is 0.212 e. The van der Waals surface area contributed by atoms with E-state index in [0.717, 1.165) is 43.6 Å². The highest BCUT2D eigenvalue weighted by atomic mass is 15.0. The van der Waals surface area contributed by atoms with Gasteiger partial charge in [0.1, 0.15) is 6.07 Å². The van der Waals surface area contributed by atoms with Crippen LogP contribution >= 0.6 is 0 Å². The second-order valence-corrected chi connectivity index (χ2v) is 16.0. The molecular weight excluding hydrogens is 657 g/mol. The lowest BCUT2D eigenvalue weighted by atomic mass is 9.81. The van der Waals surface area contributed by atoms with Crippen molar-refractivity contribution in [3.63, 3.8) is 0 Å². The van der Waals surface area contributed by atoms with Crippen molar-refractivity contribution in [1.29, 1.82) is 5.26 Å². The molecule has 2 aliphatic rings. The minimum Gasteiger partial charge on any atom is -0.319 e. The quantitative estimate of drug-likeness (QED) is 0.166. The molecule has 0 saturated carbocycles. The molecule has 2 aliphatic carbocycles. The number of rotatable bonds is 2. The van der Waals surface area contributed by atoms with Crippen LogP contribution in [0.3, 0.4) is 0 Å².